The number of hydrogen-bond acceptors (Lipinski definition) is 4. The standard InChI is InChI=1S/C8H10N2O4S/c1-5-3-7(10(11)12)4-8(6(5)2)15(9,13)14/h3-4H,1-2H3,(H2,9,13,14). The molecule has 7 heteroatoms. The van der Waals surface area contributed by atoms with Crippen LogP contribution in [0.1, 0.15) is 11.1 Å². The minimum absolute atomic E-state index is 0.200. The molecule has 0 aliphatic heterocycles. The van der Waals surface area contributed by atoms with Gasteiger partial charge in [0.25, 0.3) is 5.69 Å². The molecule has 0 spiro atoms. The summed E-state index contributed by atoms with van der Waals surface area (Å²) in [5, 5.41) is 15.5. The van der Waals surface area contributed by atoms with E-state index in [4.69, 9.17) is 5.14 Å². The maximum absolute atomic E-state index is 11.1. The van der Waals surface area contributed by atoms with Crippen LogP contribution in [0.15, 0.2) is 17.0 Å². The monoisotopic (exact) mass is 230 g/mol. The highest BCUT2D eigenvalue weighted by Crippen LogP contribution is 2.24. The number of non-ortho nitro benzene ring substituents is 1. The molecule has 82 valence electrons. The molecule has 0 aromatic heterocycles. The average Bonchev–Trinajstić information content (AvgIpc) is 2.06. The topological polar surface area (TPSA) is 103 Å². The molecule has 0 saturated carbocycles. The number of sulfonamides is 1. The minimum atomic E-state index is -3.92. The Kier molecular flexibility index (Phi) is 2.78. The highest BCUT2D eigenvalue weighted by molar-refractivity contribution is 7.89. The van der Waals surface area contributed by atoms with E-state index < -0.39 is 14.9 Å². The number of nitro benzene ring substituents is 1. The third-order valence-corrected chi connectivity index (χ3v) is 3.16. The molecule has 6 nitrogen and oxygen atoms in total. The van der Waals surface area contributed by atoms with E-state index in [0.717, 1.165) is 6.07 Å². The Labute approximate surface area is 86.9 Å². The first-order chi connectivity index (χ1) is 6.73. The molecule has 0 fully saturated rings. The van der Waals surface area contributed by atoms with Crippen molar-refractivity contribution in [3.05, 3.63) is 33.4 Å². The Morgan fingerprint density at radius 2 is 1.87 bits per heavy atom. The van der Waals surface area contributed by atoms with Gasteiger partial charge in [0.1, 0.15) is 0 Å². The van der Waals surface area contributed by atoms with E-state index in [9.17, 15) is 18.5 Å². The van der Waals surface area contributed by atoms with Crippen molar-refractivity contribution >= 4 is 15.7 Å². The third-order valence-electron chi connectivity index (χ3n) is 2.12. The van der Waals surface area contributed by atoms with Crippen molar-refractivity contribution in [3.63, 3.8) is 0 Å². The van der Waals surface area contributed by atoms with E-state index >= 15 is 0 Å². The normalized spacial score (nSPS) is 11.4. The van der Waals surface area contributed by atoms with E-state index in [1.54, 1.807) is 13.8 Å². The summed E-state index contributed by atoms with van der Waals surface area (Å²) in [5.41, 5.74) is 0.679. The number of aryl methyl sites for hydroxylation is 1. The average molecular weight is 230 g/mol. The first kappa shape index (κ1) is 11.6. The molecule has 0 aliphatic rings. The maximum atomic E-state index is 11.1. The van der Waals surface area contributed by atoms with Crippen LogP contribution in [-0.4, -0.2) is 13.3 Å². The van der Waals surface area contributed by atoms with Crippen LogP contribution in [0.4, 0.5) is 5.69 Å². The van der Waals surface area contributed by atoms with Gasteiger partial charge >= 0.3 is 0 Å². The second kappa shape index (κ2) is 3.59. The Bertz CT molecular complexity index is 522. The Morgan fingerprint density at radius 3 is 2.27 bits per heavy atom. The SMILES string of the molecule is Cc1cc([N+](=O)[O-])cc(S(N)(=O)=O)c1C. The highest BCUT2D eigenvalue weighted by Gasteiger charge is 2.18. The van der Waals surface area contributed by atoms with Crippen molar-refractivity contribution in [1.29, 1.82) is 0 Å². The first-order valence-corrected chi connectivity index (χ1v) is 5.56. The van der Waals surface area contributed by atoms with Crippen molar-refractivity contribution in [2.45, 2.75) is 18.7 Å². The molecule has 0 unspecified atom stereocenters. The highest BCUT2D eigenvalue weighted by atomic mass is 32.2. The number of nitrogens with zero attached hydrogens (tertiary/aromatic N) is 1. The molecule has 0 radical (unpaired) electrons. The summed E-state index contributed by atoms with van der Waals surface area (Å²) in [6.07, 6.45) is 0. The summed E-state index contributed by atoms with van der Waals surface area (Å²) in [6, 6.07) is 2.28. The molecule has 0 saturated heterocycles. The van der Waals surface area contributed by atoms with Gasteiger partial charge in [0.05, 0.1) is 9.82 Å². The fourth-order valence-electron chi connectivity index (χ4n) is 1.21. The lowest BCUT2D eigenvalue weighted by Gasteiger charge is -2.06. The number of primary sulfonamides is 1. The van der Waals surface area contributed by atoms with E-state index in [2.05, 4.69) is 0 Å². The van der Waals surface area contributed by atoms with Crippen LogP contribution in [-0.2, 0) is 10.0 Å². The lowest BCUT2D eigenvalue weighted by atomic mass is 10.1. The van der Waals surface area contributed by atoms with Gasteiger partial charge in [-0.25, -0.2) is 13.6 Å². The van der Waals surface area contributed by atoms with Crippen LogP contribution in [0.3, 0.4) is 0 Å². The molecule has 2 N–H and O–H groups in total. The van der Waals surface area contributed by atoms with Crippen LogP contribution < -0.4 is 5.14 Å². The first-order valence-electron chi connectivity index (χ1n) is 4.02. The predicted molar refractivity (Wildman–Crippen MR) is 53.9 cm³/mol. The predicted octanol–water partition coefficient (Wildman–Crippen LogP) is 0.859. The quantitative estimate of drug-likeness (QED) is 0.601. The van der Waals surface area contributed by atoms with Gasteiger partial charge in [0, 0.05) is 12.1 Å². The molecule has 0 amide bonds. The van der Waals surface area contributed by atoms with Crippen molar-refractivity contribution in [3.8, 4) is 0 Å². The smallest absolute Gasteiger partial charge is 0.258 e. The molecular weight excluding hydrogens is 220 g/mol. The Hall–Kier alpha value is -1.47. The summed E-state index contributed by atoms with van der Waals surface area (Å²) in [5.74, 6) is 0. The van der Waals surface area contributed by atoms with Gasteiger partial charge in [-0.05, 0) is 25.0 Å². The molecule has 0 heterocycles. The molecule has 0 bridgehead atoms. The lowest BCUT2D eigenvalue weighted by molar-refractivity contribution is -0.385. The minimum Gasteiger partial charge on any atom is -0.258 e. The zero-order chi connectivity index (χ0) is 11.8. The lowest BCUT2D eigenvalue weighted by Crippen LogP contribution is -2.14. The molecule has 1 aromatic carbocycles. The van der Waals surface area contributed by atoms with Crippen molar-refractivity contribution in [2.75, 3.05) is 0 Å². The molecule has 1 rings (SSSR count). The van der Waals surface area contributed by atoms with E-state index in [0.29, 0.717) is 11.1 Å². The van der Waals surface area contributed by atoms with E-state index in [1.165, 1.54) is 6.07 Å². The second-order valence-corrected chi connectivity index (χ2v) is 4.72. The number of hydrogen-bond donors (Lipinski definition) is 1. The summed E-state index contributed by atoms with van der Waals surface area (Å²) in [6.45, 7) is 3.15. The van der Waals surface area contributed by atoms with Crippen LogP contribution in [0.2, 0.25) is 0 Å². The second-order valence-electron chi connectivity index (χ2n) is 3.19. The summed E-state index contributed by atoms with van der Waals surface area (Å²) < 4.78 is 22.3. The summed E-state index contributed by atoms with van der Waals surface area (Å²) >= 11 is 0. The van der Waals surface area contributed by atoms with Crippen molar-refractivity contribution in [1.82, 2.24) is 0 Å². The van der Waals surface area contributed by atoms with Gasteiger partial charge in [-0.1, -0.05) is 0 Å². The molecule has 0 aliphatic carbocycles. The zero-order valence-corrected chi connectivity index (χ0v) is 9.04. The number of nitro groups is 1. The zero-order valence-electron chi connectivity index (χ0n) is 8.22. The van der Waals surface area contributed by atoms with Crippen LogP contribution in [0.25, 0.3) is 0 Å². The Balaban J connectivity index is 3.59. The Morgan fingerprint density at radius 1 is 1.33 bits per heavy atom. The summed E-state index contributed by atoms with van der Waals surface area (Å²) in [7, 11) is -3.92. The van der Waals surface area contributed by atoms with Gasteiger partial charge in [-0.15, -0.1) is 0 Å². The van der Waals surface area contributed by atoms with Gasteiger partial charge in [-0.3, -0.25) is 10.1 Å². The van der Waals surface area contributed by atoms with Crippen molar-refractivity contribution in [2.24, 2.45) is 5.14 Å². The maximum Gasteiger partial charge on any atom is 0.271 e. The molecule has 1 aromatic rings. The summed E-state index contributed by atoms with van der Waals surface area (Å²) in [4.78, 5) is 9.66. The van der Waals surface area contributed by atoms with E-state index in [1.807, 2.05) is 0 Å². The number of nitrogens with two attached hydrogens (primary N) is 1. The number of benzene rings is 1. The van der Waals surface area contributed by atoms with E-state index in [-0.39, 0.29) is 10.6 Å². The van der Waals surface area contributed by atoms with Crippen LogP contribution >= 0.6 is 0 Å². The van der Waals surface area contributed by atoms with Crippen molar-refractivity contribution < 1.29 is 13.3 Å². The molecular formula is C8H10N2O4S. The van der Waals surface area contributed by atoms with Gasteiger partial charge < -0.3 is 0 Å². The van der Waals surface area contributed by atoms with Gasteiger partial charge in [-0.2, -0.15) is 0 Å². The fourth-order valence-corrected chi connectivity index (χ4v) is 2.08. The molecule has 15 heavy (non-hydrogen) atoms. The van der Waals surface area contributed by atoms with Crippen LogP contribution in [0, 0.1) is 24.0 Å². The fraction of sp³-hybridized carbons (Fsp3) is 0.250. The van der Waals surface area contributed by atoms with Crippen LogP contribution in [0.5, 0.6) is 0 Å². The van der Waals surface area contributed by atoms with Gasteiger partial charge in [0.15, 0.2) is 0 Å². The van der Waals surface area contributed by atoms with Gasteiger partial charge in [0.2, 0.25) is 10.0 Å². The molecule has 0 atom stereocenters. The third kappa shape index (κ3) is 2.31. The number of rotatable bonds is 2. The largest absolute Gasteiger partial charge is 0.271 e.